The highest BCUT2D eigenvalue weighted by atomic mass is 32.1. The van der Waals surface area contributed by atoms with Gasteiger partial charge in [-0.25, -0.2) is 4.79 Å². The van der Waals surface area contributed by atoms with Gasteiger partial charge in [0.05, 0.1) is 28.7 Å². The van der Waals surface area contributed by atoms with Crippen molar-refractivity contribution in [2.45, 2.75) is 6.61 Å². The van der Waals surface area contributed by atoms with Gasteiger partial charge >= 0.3 is 5.97 Å². The molecule has 0 fully saturated rings. The fourth-order valence-electron chi connectivity index (χ4n) is 1.37. The smallest absolute Gasteiger partial charge is 0.337 e. The van der Waals surface area contributed by atoms with E-state index in [9.17, 15) is 4.79 Å². The van der Waals surface area contributed by atoms with Crippen LogP contribution in [0, 0.1) is 0 Å². The Morgan fingerprint density at radius 1 is 1.50 bits per heavy atom. The van der Waals surface area contributed by atoms with Crippen molar-refractivity contribution < 1.29 is 14.3 Å². The maximum Gasteiger partial charge on any atom is 0.337 e. The van der Waals surface area contributed by atoms with E-state index in [-0.39, 0.29) is 0 Å². The Hall–Kier alpha value is -2.08. The molecule has 0 radical (unpaired) electrons. The van der Waals surface area contributed by atoms with Crippen molar-refractivity contribution in [3.8, 4) is 5.75 Å². The van der Waals surface area contributed by atoms with Gasteiger partial charge in [-0.15, -0.1) is 11.3 Å². The molecule has 0 spiro atoms. The Labute approximate surface area is 108 Å². The lowest BCUT2D eigenvalue weighted by atomic mass is 10.2. The van der Waals surface area contributed by atoms with Crippen LogP contribution >= 0.6 is 11.3 Å². The van der Waals surface area contributed by atoms with Crippen molar-refractivity contribution in [2.75, 3.05) is 12.8 Å². The molecule has 0 aliphatic rings. The third-order valence-electron chi connectivity index (χ3n) is 2.29. The third kappa shape index (κ3) is 2.78. The zero-order chi connectivity index (χ0) is 13.0. The van der Waals surface area contributed by atoms with Gasteiger partial charge in [0.1, 0.15) is 12.4 Å². The molecule has 5 nitrogen and oxygen atoms in total. The molecule has 0 amide bonds. The van der Waals surface area contributed by atoms with Gasteiger partial charge in [-0.05, 0) is 18.2 Å². The average molecular weight is 264 g/mol. The number of rotatable bonds is 4. The number of aromatic nitrogens is 1. The number of anilines is 1. The van der Waals surface area contributed by atoms with E-state index in [2.05, 4.69) is 9.72 Å². The minimum absolute atomic E-state index is 0.374. The van der Waals surface area contributed by atoms with Crippen LogP contribution in [0.15, 0.2) is 29.9 Å². The highest BCUT2D eigenvalue weighted by molar-refractivity contribution is 7.09. The lowest BCUT2D eigenvalue weighted by molar-refractivity contribution is 0.0600. The van der Waals surface area contributed by atoms with Gasteiger partial charge < -0.3 is 15.2 Å². The molecule has 0 bridgehead atoms. The molecular weight excluding hydrogens is 252 g/mol. The van der Waals surface area contributed by atoms with Gasteiger partial charge in [0.15, 0.2) is 0 Å². The van der Waals surface area contributed by atoms with Crippen LogP contribution in [0.3, 0.4) is 0 Å². The molecule has 2 N–H and O–H groups in total. The normalized spacial score (nSPS) is 10.1. The Kier molecular flexibility index (Phi) is 3.78. The van der Waals surface area contributed by atoms with E-state index in [4.69, 9.17) is 10.5 Å². The monoisotopic (exact) mass is 264 g/mol. The largest absolute Gasteiger partial charge is 0.486 e. The molecule has 0 saturated heterocycles. The average Bonchev–Trinajstić information content (AvgIpc) is 2.90. The first-order valence-electron chi connectivity index (χ1n) is 5.18. The van der Waals surface area contributed by atoms with Gasteiger partial charge in [0, 0.05) is 6.20 Å². The summed E-state index contributed by atoms with van der Waals surface area (Å²) in [4.78, 5) is 16.3. The van der Waals surface area contributed by atoms with Gasteiger partial charge in [-0.2, -0.15) is 0 Å². The Morgan fingerprint density at radius 2 is 2.33 bits per heavy atom. The topological polar surface area (TPSA) is 74.4 Å². The second-order valence-corrected chi connectivity index (χ2v) is 4.47. The number of benzene rings is 1. The Balaban J connectivity index is 2.13. The van der Waals surface area contributed by atoms with Crippen LogP contribution in [0.2, 0.25) is 0 Å². The fourth-order valence-corrected chi connectivity index (χ4v) is 1.87. The molecule has 2 rings (SSSR count). The highest BCUT2D eigenvalue weighted by Gasteiger charge is 2.09. The zero-order valence-electron chi connectivity index (χ0n) is 9.75. The number of ether oxygens (including phenoxy) is 2. The number of thiazole rings is 1. The molecule has 1 heterocycles. The predicted molar refractivity (Wildman–Crippen MR) is 68.6 cm³/mol. The molecular formula is C12H12N2O3S. The van der Waals surface area contributed by atoms with Crippen LogP contribution in [-0.4, -0.2) is 18.1 Å². The minimum Gasteiger partial charge on any atom is -0.486 e. The van der Waals surface area contributed by atoms with E-state index in [1.165, 1.54) is 18.4 Å². The summed E-state index contributed by atoms with van der Waals surface area (Å²) in [5.74, 6) is 0.0453. The summed E-state index contributed by atoms with van der Waals surface area (Å²) in [6, 6.07) is 4.79. The van der Waals surface area contributed by atoms with Crippen molar-refractivity contribution >= 4 is 23.0 Å². The van der Waals surface area contributed by atoms with Gasteiger partial charge in [0.2, 0.25) is 0 Å². The van der Waals surface area contributed by atoms with Crippen LogP contribution in [0.25, 0.3) is 0 Å². The third-order valence-corrected chi connectivity index (χ3v) is 3.04. The molecule has 94 valence electrons. The number of carbonyl (C=O) groups excluding carboxylic acids is 1. The van der Waals surface area contributed by atoms with E-state index in [1.54, 1.807) is 29.9 Å². The molecule has 0 aliphatic heterocycles. The predicted octanol–water partition coefficient (Wildman–Crippen LogP) is 2.09. The van der Waals surface area contributed by atoms with Gasteiger partial charge in [-0.1, -0.05) is 0 Å². The number of nitrogen functional groups attached to an aromatic ring is 1. The first-order chi connectivity index (χ1) is 8.70. The summed E-state index contributed by atoms with van der Waals surface area (Å²) in [7, 11) is 1.33. The van der Waals surface area contributed by atoms with Crippen molar-refractivity contribution in [1.82, 2.24) is 4.98 Å². The first-order valence-corrected chi connectivity index (χ1v) is 6.06. The molecule has 2 aromatic rings. The van der Waals surface area contributed by atoms with Gasteiger partial charge in [0.25, 0.3) is 0 Å². The lowest BCUT2D eigenvalue weighted by Crippen LogP contribution is -2.04. The summed E-state index contributed by atoms with van der Waals surface area (Å²) in [6.07, 6.45) is 1.73. The first kappa shape index (κ1) is 12.4. The summed E-state index contributed by atoms with van der Waals surface area (Å²) in [5, 5.41) is 0. The van der Waals surface area contributed by atoms with Crippen molar-refractivity contribution in [3.63, 3.8) is 0 Å². The summed E-state index contributed by atoms with van der Waals surface area (Å²) < 4.78 is 10.2. The second kappa shape index (κ2) is 5.50. The summed E-state index contributed by atoms with van der Waals surface area (Å²) in [6.45, 7) is 0.374. The van der Waals surface area contributed by atoms with E-state index < -0.39 is 5.97 Å². The lowest BCUT2D eigenvalue weighted by Gasteiger charge is -2.09. The summed E-state index contributed by atoms with van der Waals surface area (Å²) in [5.41, 5.74) is 8.40. The van der Waals surface area contributed by atoms with Crippen molar-refractivity contribution in [3.05, 3.63) is 40.3 Å². The maximum atomic E-state index is 11.4. The molecule has 0 atom stereocenters. The number of hydrogen-bond donors (Lipinski definition) is 1. The SMILES string of the molecule is COC(=O)c1ccc(N)c(OCc2cncs2)c1. The highest BCUT2D eigenvalue weighted by Crippen LogP contribution is 2.24. The standard InChI is InChI=1S/C12H12N2O3S/c1-16-12(15)8-2-3-10(13)11(4-8)17-6-9-5-14-7-18-9/h2-5,7H,6,13H2,1H3. The van der Waals surface area contributed by atoms with Crippen LogP contribution in [0.5, 0.6) is 5.75 Å². The Bertz CT molecular complexity index is 540. The van der Waals surface area contributed by atoms with Crippen LogP contribution in [0.1, 0.15) is 15.2 Å². The molecule has 18 heavy (non-hydrogen) atoms. The molecule has 0 saturated carbocycles. The quantitative estimate of drug-likeness (QED) is 0.676. The molecule has 6 heteroatoms. The van der Waals surface area contributed by atoms with Crippen LogP contribution < -0.4 is 10.5 Å². The number of carbonyl (C=O) groups is 1. The summed E-state index contributed by atoms with van der Waals surface area (Å²) >= 11 is 1.49. The van der Waals surface area contributed by atoms with Crippen LogP contribution in [0.4, 0.5) is 5.69 Å². The Morgan fingerprint density at radius 3 is 3.00 bits per heavy atom. The van der Waals surface area contributed by atoms with E-state index >= 15 is 0 Å². The molecule has 1 aromatic carbocycles. The van der Waals surface area contributed by atoms with E-state index in [0.29, 0.717) is 23.6 Å². The number of nitrogens with zero attached hydrogens (tertiary/aromatic N) is 1. The van der Waals surface area contributed by atoms with E-state index in [1.807, 2.05) is 0 Å². The van der Waals surface area contributed by atoms with Gasteiger partial charge in [-0.3, -0.25) is 4.98 Å². The molecule has 0 aliphatic carbocycles. The molecule has 0 unspecified atom stereocenters. The minimum atomic E-state index is -0.419. The fraction of sp³-hybridized carbons (Fsp3) is 0.167. The maximum absolute atomic E-state index is 11.4. The zero-order valence-corrected chi connectivity index (χ0v) is 10.6. The van der Waals surface area contributed by atoms with Crippen molar-refractivity contribution in [1.29, 1.82) is 0 Å². The van der Waals surface area contributed by atoms with Crippen molar-refractivity contribution in [2.24, 2.45) is 0 Å². The number of esters is 1. The van der Waals surface area contributed by atoms with E-state index in [0.717, 1.165) is 4.88 Å². The molecule has 1 aromatic heterocycles. The van der Waals surface area contributed by atoms with Crippen LogP contribution in [-0.2, 0) is 11.3 Å². The second-order valence-electron chi connectivity index (χ2n) is 3.50. The number of methoxy groups -OCH3 is 1. The number of hydrogen-bond acceptors (Lipinski definition) is 6. The number of nitrogens with two attached hydrogens (primary N) is 1.